The van der Waals surface area contributed by atoms with E-state index in [2.05, 4.69) is 11.9 Å². The molecule has 1 aliphatic rings. The van der Waals surface area contributed by atoms with E-state index in [0.29, 0.717) is 5.41 Å². The molecule has 0 amide bonds. The fourth-order valence-corrected chi connectivity index (χ4v) is 0.948. The Kier molecular flexibility index (Phi) is 0.770. The van der Waals surface area contributed by atoms with Crippen molar-refractivity contribution < 1.29 is 4.42 Å². The predicted molar refractivity (Wildman–Crippen MR) is 33.1 cm³/mol. The molecule has 1 aliphatic carbocycles. The summed E-state index contributed by atoms with van der Waals surface area (Å²) in [6, 6.07) is 0. The van der Waals surface area contributed by atoms with E-state index < -0.39 is 0 Å². The Morgan fingerprint density at radius 1 is 1.67 bits per heavy atom. The Hall–Kier alpha value is -0.790. The van der Waals surface area contributed by atoms with Crippen LogP contribution in [0.25, 0.3) is 0 Å². The van der Waals surface area contributed by atoms with Crippen LogP contribution < -0.4 is 0 Å². The van der Waals surface area contributed by atoms with E-state index in [1.807, 2.05) is 6.20 Å². The topological polar surface area (TPSA) is 26.0 Å². The molecule has 1 fully saturated rings. The van der Waals surface area contributed by atoms with Crippen molar-refractivity contribution in [1.29, 1.82) is 0 Å². The third-order valence-electron chi connectivity index (χ3n) is 2.03. The van der Waals surface area contributed by atoms with E-state index in [-0.39, 0.29) is 0 Å². The van der Waals surface area contributed by atoms with Gasteiger partial charge < -0.3 is 4.42 Å². The molecule has 2 heteroatoms. The van der Waals surface area contributed by atoms with Gasteiger partial charge in [0.1, 0.15) is 5.76 Å². The van der Waals surface area contributed by atoms with Crippen molar-refractivity contribution in [3.63, 3.8) is 0 Å². The molecule has 0 unspecified atom stereocenters. The zero-order valence-electron chi connectivity index (χ0n) is 5.42. The first kappa shape index (κ1) is 5.03. The van der Waals surface area contributed by atoms with Gasteiger partial charge in [-0.2, -0.15) is 0 Å². The molecule has 0 bridgehead atoms. The molecule has 0 aliphatic heterocycles. The van der Waals surface area contributed by atoms with Crippen LogP contribution in [-0.2, 0) is 5.41 Å². The fourth-order valence-electron chi connectivity index (χ4n) is 0.948. The van der Waals surface area contributed by atoms with E-state index in [9.17, 15) is 0 Å². The number of hydrogen-bond acceptors (Lipinski definition) is 2. The van der Waals surface area contributed by atoms with E-state index >= 15 is 0 Å². The summed E-state index contributed by atoms with van der Waals surface area (Å²) in [5.41, 5.74) is 0.344. The summed E-state index contributed by atoms with van der Waals surface area (Å²) in [4.78, 5) is 3.86. The maximum absolute atomic E-state index is 5.15. The van der Waals surface area contributed by atoms with Crippen molar-refractivity contribution in [2.24, 2.45) is 0 Å². The second-order valence-corrected chi connectivity index (χ2v) is 2.93. The summed E-state index contributed by atoms with van der Waals surface area (Å²) >= 11 is 0. The smallest absolute Gasteiger partial charge is 0.180 e. The average molecular weight is 123 g/mol. The van der Waals surface area contributed by atoms with Gasteiger partial charge in [-0.1, -0.05) is 6.92 Å². The molecule has 0 radical (unpaired) electrons. The number of nitrogens with zero attached hydrogens (tertiary/aromatic N) is 1. The zero-order chi connectivity index (χ0) is 6.32. The van der Waals surface area contributed by atoms with Gasteiger partial charge in [-0.25, -0.2) is 4.98 Å². The fraction of sp³-hybridized carbons (Fsp3) is 0.571. The lowest BCUT2D eigenvalue weighted by Gasteiger charge is -1.98. The van der Waals surface area contributed by atoms with Crippen LogP contribution in [0.1, 0.15) is 25.5 Å². The molecule has 0 spiro atoms. The molecule has 1 saturated carbocycles. The van der Waals surface area contributed by atoms with Gasteiger partial charge in [0.2, 0.25) is 0 Å². The molecular weight excluding hydrogens is 114 g/mol. The summed E-state index contributed by atoms with van der Waals surface area (Å²) in [7, 11) is 0. The molecular formula is C7H9NO. The molecule has 0 saturated heterocycles. The Morgan fingerprint density at radius 3 is 2.89 bits per heavy atom. The first-order chi connectivity index (χ1) is 4.31. The summed E-state index contributed by atoms with van der Waals surface area (Å²) in [6.07, 6.45) is 5.82. The minimum atomic E-state index is 0.344. The number of rotatable bonds is 1. The maximum atomic E-state index is 5.15. The highest BCUT2D eigenvalue weighted by molar-refractivity contribution is 5.16. The molecule has 0 aromatic carbocycles. The lowest BCUT2D eigenvalue weighted by atomic mass is 10.1. The largest absolute Gasteiger partial charge is 0.448 e. The van der Waals surface area contributed by atoms with Gasteiger partial charge in [0.05, 0.1) is 6.20 Å². The van der Waals surface area contributed by atoms with Gasteiger partial charge in [0.15, 0.2) is 6.39 Å². The Balaban J connectivity index is 2.34. The van der Waals surface area contributed by atoms with Gasteiger partial charge in [-0.3, -0.25) is 0 Å². The van der Waals surface area contributed by atoms with E-state index in [1.54, 1.807) is 0 Å². The Morgan fingerprint density at radius 2 is 2.44 bits per heavy atom. The van der Waals surface area contributed by atoms with Gasteiger partial charge in [-0.15, -0.1) is 0 Å². The second kappa shape index (κ2) is 1.38. The number of aromatic nitrogens is 1. The SMILES string of the molecule is CC1(c2cnco2)CC1. The lowest BCUT2D eigenvalue weighted by Crippen LogP contribution is -1.95. The maximum Gasteiger partial charge on any atom is 0.180 e. The molecule has 2 nitrogen and oxygen atoms in total. The van der Waals surface area contributed by atoms with E-state index in [1.165, 1.54) is 19.2 Å². The van der Waals surface area contributed by atoms with Crippen molar-refractivity contribution in [2.45, 2.75) is 25.2 Å². The van der Waals surface area contributed by atoms with Gasteiger partial charge in [0, 0.05) is 5.41 Å². The van der Waals surface area contributed by atoms with E-state index in [0.717, 1.165) is 5.76 Å². The molecule has 1 aromatic heterocycles. The normalized spacial score (nSPS) is 21.9. The van der Waals surface area contributed by atoms with Gasteiger partial charge >= 0.3 is 0 Å². The zero-order valence-corrected chi connectivity index (χ0v) is 5.42. The first-order valence-electron chi connectivity index (χ1n) is 3.20. The second-order valence-electron chi connectivity index (χ2n) is 2.93. The van der Waals surface area contributed by atoms with Crippen LogP contribution in [0.15, 0.2) is 17.0 Å². The highest BCUT2D eigenvalue weighted by atomic mass is 16.3. The highest BCUT2D eigenvalue weighted by Crippen LogP contribution is 2.47. The van der Waals surface area contributed by atoms with Crippen molar-refractivity contribution in [3.8, 4) is 0 Å². The van der Waals surface area contributed by atoms with Crippen LogP contribution in [0.3, 0.4) is 0 Å². The van der Waals surface area contributed by atoms with Crippen molar-refractivity contribution in [3.05, 3.63) is 18.4 Å². The van der Waals surface area contributed by atoms with Crippen molar-refractivity contribution >= 4 is 0 Å². The summed E-state index contributed by atoms with van der Waals surface area (Å²) < 4.78 is 5.15. The molecule has 48 valence electrons. The van der Waals surface area contributed by atoms with E-state index in [4.69, 9.17) is 4.42 Å². The van der Waals surface area contributed by atoms with Crippen LogP contribution in [0.4, 0.5) is 0 Å². The minimum Gasteiger partial charge on any atom is -0.448 e. The van der Waals surface area contributed by atoms with Crippen LogP contribution in [0.5, 0.6) is 0 Å². The average Bonchev–Trinajstić information content (AvgIpc) is 2.46. The highest BCUT2D eigenvalue weighted by Gasteiger charge is 2.41. The molecule has 0 atom stereocenters. The monoisotopic (exact) mass is 123 g/mol. The van der Waals surface area contributed by atoms with Gasteiger partial charge in [0.25, 0.3) is 0 Å². The Labute approximate surface area is 53.9 Å². The van der Waals surface area contributed by atoms with Crippen LogP contribution in [0, 0.1) is 0 Å². The van der Waals surface area contributed by atoms with Crippen LogP contribution >= 0.6 is 0 Å². The molecule has 0 N–H and O–H groups in total. The molecule has 1 heterocycles. The lowest BCUT2D eigenvalue weighted by molar-refractivity contribution is 0.463. The summed E-state index contributed by atoms with van der Waals surface area (Å²) in [6.45, 7) is 2.20. The first-order valence-corrected chi connectivity index (χ1v) is 3.20. The predicted octanol–water partition coefficient (Wildman–Crippen LogP) is 1.73. The van der Waals surface area contributed by atoms with Crippen LogP contribution in [-0.4, -0.2) is 4.98 Å². The van der Waals surface area contributed by atoms with Crippen LogP contribution in [0.2, 0.25) is 0 Å². The van der Waals surface area contributed by atoms with Crippen molar-refractivity contribution in [2.75, 3.05) is 0 Å². The molecule has 1 aromatic rings. The summed E-state index contributed by atoms with van der Waals surface area (Å²) in [5, 5.41) is 0. The van der Waals surface area contributed by atoms with Crippen molar-refractivity contribution in [1.82, 2.24) is 4.98 Å². The number of oxazole rings is 1. The standard InChI is InChI=1S/C7H9NO/c1-7(2-3-7)6-4-8-5-9-6/h4-5H,2-3H2,1H3. The van der Waals surface area contributed by atoms with Gasteiger partial charge in [-0.05, 0) is 12.8 Å². The summed E-state index contributed by atoms with van der Waals surface area (Å²) in [5.74, 6) is 1.04. The third-order valence-corrected chi connectivity index (χ3v) is 2.03. The third kappa shape index (κ3) is 0.661. The Bertz CT molecular complexity index is 199. The molecule has 9 heavy (non-hydrogen) atoms. The number of hydrogen-bond donors (Lipinski definition) is 0. The minimum absolute atomic E-state index is 0.344. The quantitative estimate of drug-likeness (QED) is 0.568. The molecule has 2 rings (SSSR count).